The summed E-state index contributed by atoms with van der Waals surface area (Å²) in [5, 5.41) is 10.8. The Morgan fingerprint density at radius 1 is 1.60 bits per heavy atom. The molecule has 0 bridgehead atoms. The maximum atomic E-state index is 10.3. The number of hydrogen-bond acceptors (Lipinski definition) is 5. The molecule has 0 fully saturated rings. The zero-order valence-corrected chi connectivity index (χ0v) is 5.28. The van der Waals surface area contributed by atoms with Gasteiger partial charge < -0.3 is 4.74 Å². The lowest BCUT2D eigenvalue weighted by atomic mass is 10.6. The lowest BCUT2D eigenvalue weighted by Crippen LogP contribution is -2.07. The van der Waals surface area contributed by atoms with Crippen molar-refractivity contribution in [2.45, 2.75) is 0 Å². The lowest BCUT2D eigenvalue weighted by Gasteiger charge is -1.98. The van der Waals surface area contributed by atoms with Gasteiger partial charge in [-0.2, -0.15) is 0 Å². The Bertz CT molecular complexity index is 111. The topological polar surface area (TPSA) is 65.0 Å². The number of carbonyl (C=O) groups is 1. The Morgan fingerprint density at radius 2 is 2.30 bits per heavy atom. The van der Waals surface area contributed by atoms with Gasteiger partial charge in [-0.15, -0.1) is 0 Å². The van der Waals surface area contributed by atoms with Crippen LogP contribution in [0.4, 0.5) is 0 Å². The van der Waals surface area contributed by atoms with Gasteiger partial charge in [0.15, 0.2) is 0 Å². The van der Waals surface area contributed by atoms with Gasteiger partial charge in [0.1, 0.15) is 13.2 Å². The third-order valence-corrected chi connectivity index (χ3v) is 0.630. The summed E-state index contributed by atoms with van der Waals surface area (Å²) >= 11 is 0. The van der Waals surface area contributed by atoms with E-state index in [9.17, 15) is 4.79 Å². The van der Waals surface area contributed by atoms with E-state index in [0.717, 1.165) is 6.08 Å². The normalized spacial score (nSPS) is 8.90. The summed E-state index contributed by atoms with van der Waals surface area (Å²) in [7, 11) is 0. The zero-order chi connectivity index (χ0) is 7.82. The summed E-state index contributed by atoms with van der Waals surface area (Å²) in [4.78, 5) is 14.2. The number of ether oxygens (including phenoxy) is 1. The third-order valence-electron chi connectivity index (χ3n) is 0.630. The van der Waals surface area contributed by atoms with Gasteiger partial charge in [0.05, 0.1) is 0 Å². The number of carbonyl (C=O) groups excluding carboxylic acids is 1. The van der Waals surface area contributed by atoms with E-state index in [1.54, 1.807) is 0 Å². The molecule has 0 aliphatic rings. The van der Waals surface area contributed by atoms with Gasteiger partial charge in [-0.25, -0.2) is 14.9 Å². The van der Waals surface area contributed by atoms with E-state index in [0.29, 0.717) is 0 Å². The molecule has 0 aliphatic heterocycles. The average Bonchev–Trinajstić information content (AvgIpc) is 1.98. The fourth-order valence-corrected chi connectivity index (χ4v) is 0.272. The first-order valence-corrected chi connectivity index (χ1v) is 2.53. The highest BCUT2D eigenvalue weighted by molar-refractivity contribution is 5.81. The summed E-state index contributed by atoms with van der Waals surface area (Å²) < 4.78 is 4.42. The van der Waals surface area contributed by atoms with Crippen LogP contribution in [0, 0.1) is 0 Å². The van der Waals surface area contributed by atoms with Crippen molar-refractivity contribution in [2.24, 2.45) is 0 Å². The highest BCUT2D eigenvalue weighted by Gasteiger charge is 1.93. The number of hydrogen-bond donors (Lipinski definition) is 1. The summed E-state index contributed by atoms with van der Waals surface area (Å²) in [6.45, 7) is 3.16. The number of esters is 1. The smallest absolute Gasteiger partial charge is 0.330 e. The Labute approximate surface area is 57.7 Å². The quantitative estimate of drug-likeness (QED) is 0.197. The van der Waals surface area contributed by atoms with Crippen molar-refractivity contribution in [1.82, 2.24) is 0 Å². The second-order valence-electron chi connectivity index (χ2n) is 1.27. The number of rotatable bonds is 5. The Kier molecular flexibility index (Phi) is 5.65. The minimum absolute atomic E-state index is 0.0178. The maximum absolute atomic E-state index is 10.3. The Hall–Kier alpha value is -0.910. The summed E-state index contributed by atoms with van der Waals surface area (Å²) in [5.41, 5.74) is 0. The fraction of sp³-hybridized carbons (Fsp3) is 0.400. The summed E-state index contributed by atoms with van der Waals surface area (Å²) in [6, 6.07) is 0. The predicted octanol–water partition coefficient (Wildman–Crippen LogP) is 0.137. The molecule has 0 radical (unpaired) electrons. The minimum atomic E-state index is -0.540. The standard InChI is InChI=1S/C5H8O5/c1-2-5(6)8-3-4-9-10-7/h2,7H,1,3-4H2. The Morgan fingerprint density at radius 3 is 2.80 bits per heavy atom. The first kappa shape index (κ1) is 9.09. The minimum Gasteiger partial charge on any atom is -0.460 e. The van der Waals surface area contributed by atoms with E-state index in [2.05, 4.69) is 21.2 Å². The van der Waals surface area contributed by atoms with Gasteiger partial charge in [-0.1, -0.05) is 11.6 Å². The van der Waals surface area contributed by atoms with Crippen molar-refractivity contribution in [3.05, 3.63) is 12.7 Å². The Balaban J connectivity index is 3.03. The predicted molar refractivity (Wildman–Crippen MR) is 30.8 cm³/mol. The molecule has 0 amide bonds. The van der Waals surface area contributed by atoms with Crippen LogP contribution in [-0.2, 0) is 19.5 Å². The monoisotopic (exact) mass is 148 g/mol. The molecule has 0 unspecified atom stereocenters. The molecule has 0 rings (SSSR count). The average molecular weight is 148 g/mol. The van der Waals surface area contributed by atoms with Crippen molar-refractivity contribution >= 4 is 5.97 Å². The van der Waals surface area contributed by atoms with E-state index < -0.39 is 5.97 Å². The molecular weight excluding hydrogens is 140 g/mol. The van der Waals surface area contributed by atoms with Gasteiger partial charge in [0, 0.05) is 6.08 Å². The van der Waals surface area contributed by atoms with Crippen LogP contribution in [0.25, 0.3) is 0 Å². The molecule has 0 atom stereocenters. The van der Waals surface area contributed by atoms with E-state index in [1.807, 2.05) is 0 Å². The molecule has 0 aromatic rings. The van der Waals surface area contributed by atoms with Crippen LogP contribution in [0.2, 0.25) is 0 Å². The molecule has 0 spiro atoms. The van der Waals surface area contributed by atoms with Crippen LogP contribution in [0.15, 0.2) is 12.7 Å². The molecule has 58 valence electrons. The van der Waals surface area contributed by atoms with Crippen molar-refractivity contribution < 1.29 is 24.7 Å². The molecule has 0 aromatic heterocycles. The fourth-order valence-electron chi connectivity index (χ4n) is 0.272. The van der Waals surface area contributed by atoms with E-state index in [4.69, 9.17) is 5.26 Å². The van der Waals surface area contributed by atoms with Gasteiger partial charge >= 0.3 is 5.97 Å². The summed E-state index contributed by atoms with van der Waals surface area (Å²) in [6.07, 6.45) is 1.03. The molecule has 0 saturated carbocycles. The van der Waals surface area contributed by atoms with Crippen LogP contribution < -0.4 is 0 Å². The summed E-state index contributed by atoms with van der Waals surface area (Å²) in [5.74, 6) is -0.540. The van der Waals surface area contributed by atoms with Crippen molar-refractivity contribution in [1.29, 1.82) is 0 Å². The van der Waals surface area contributed by atoms with Crippen molar-refractivity contribution in [3.63, 3.8) is 0 Å². The highest BCUT2D eigenvalue weighted by atomic mass is 17.5. The van der Waals surface area contributed by atoms with E-state index in [1.165, 1.54) is 0 Å². The van der Waals surface area contributed by atoms with E-state index >= 15 is 0 Å². The molecule has 5 nitrogen and oxygen atoms in total. The highest BCUT2D eigenvalue weighted by Crippen LogP contribution is 1.80. The maximum Gasteiger partial charge on any atom is 0.330 e. The van der Waals surface area contributed by atoms with Crippen LogP contribution >= 0.6 is 0 Å². The van der Waals surface area contributed by atoms with Crippen molar-refractivity contribution in [2.75, 3.05) is 13.2 Å². The molecule has 1 N–H and O–H groups in total. The van der Waals surface area contributed by atoms with Crippen LogP contribution in [0.1, 0.15) is 0 Å². The lowest BCUT2D eigenvalue weighted by molar-refractivity contribution is -0.491. The first-order valence-electron chi connectivity index (χ1n) is 2.53. The molecule has 0 aromatic carbocycles. The molecule has 5 heteroatoms. The van der Waals surface area contributed by atoms with Gasteiger partial charge in [-0.3, -0.25) is 0 Å². The van der Waals surface area contributed by atoms with E-state index in [-0.39, 0.29) is 13.2 Å². The molecule has 0 aliphatic carbocycles. The second-order valence-corrected chi connectivity index (χ2v) is 1.27. The molecule has 0 saturated heterocycles. The van der Waals surface area contributed by atoms with Gasteiger partial charge in [0.25, 0.3) is 0 Å². The molecular formula is C5H8O5. The third kappa shape index (κ3) is 5.23. The second kappa shape index (κ2) is 6.21. The van der Waals surface area contributed by atoms with Crippen LogP contribution in [-0.4, -0.2) is 24.4 Å². The first-order chi connectivity index (χ1) is 4.81. The molecule has 10 heavy (non-hydrogen) atoms. The largest absolute Gasteiger partial charge is 0.460 e. The SMILES string of the molecule is C=CC(=O)OCCOOO. The molecule has 0 heterocycles. The van der Waals surface area contributed by atoms with Gasteiger partial charge in [0.2, 0.25) is 0 Å². The van der Waals surface area contributed by atoms with Crippen LogP contribution in [0.5, 0.6) is 0 Å². The van der Waals surface area contributed by atoms with Gasteiger partial charge in [-0.05, 0) is 0 Å². The van der Waals surface area contributed by atoms with Crippen LogP contribution in [0.3, 0.4) is 0 Å². The zero-order valence-electron chi connectivity index (χ0n) is 5.28. The van der Waals surface area contributed by atoms with Crippen molar-refractivity contribution in [3.8, 4) is 0 Å².